The van der Waals surface area contributed by atoms with E-state index < -0.39 is 5.54 Å². The van der Waals surface area contributed by atoms with Crippen molar-refractivity contribution >= 4 is 5.91 Å². The summed E-state index contributed by atoms with van der Waals surface area (Å²) in [4.78, 5) is 12.1. The fraction of sp³-hybridized carbons (Fsp3) is 0.400. The van der Waals surface area contributed by atoms with Gasteiger partial charge in [0.2, 0.25) is 5.91 Å². The molecule has 1 rings (SSSR count). The van der Waals surface area contributed by atoms with Gasteiger partial charge < -0.3 is 5.32 Å². The summed E-state index contributed by atoms with van der Waals surface area (Å²) in [6.45, 7) is 5.64. The summed E-state index contributed by atoms with van der Waals surface area (Å²) in [6.07, 6.45) is 6.13. The normalized spacial score (nSPS) is 12.6. The highest BCUT2D eigenvalue weighted by Gasteiger charge is 2.24. The molecule has 0 aliphatic rings. The number of carbonyl (C=O) groups excluding carboxylic acids is 1. The van der Waals surface area contributed by atoms with E-state index in [4.69, 9.17) is 6.42 Å². The van der Waals surface area contributed by atoms with E-state index >= 15 is 0 Å². The first-order valence-electron chi connectivity index (χ1n) is 5.85. The van der Waals surface area contributed by atoms with Crippen LogP contribution >= 0.6 is 0 Å². The fourth-order valence-electron chi connectivity index (χ4n) is 1.69. The quantitative estimate of drug-likeness (QED) is 0.790. The minimum absolute atomic E-state index is 0.0124. The third-order valence-electron chi connectivity index (χ3n) is 2.72. The Morgan fingerprint density at radius 1 is 1.41 bits per heavy atom. The predicted molar refractivity (Wildman–Crippen MR) is 70.5 cm³/mol. The number of rotatable bonds is 4. The molecule has 0 saturated heterocycles. The molecular formula is C15H19NO. The Bertz CT molecular complexity index is 414. The van der Waals surface area contributed by atoms with Crippen LogP contribution in [-0.4, -0.2) is 11.4 Å². The summed E-state index contributed by atoms with van der Waals surface area (Å²) >= 11 is 0. The van der Waals surface area contributed by atoms with Crippen LogP contribution in [0.25, 0.3) is 0 Å². The van der Waals surface area contributed by atoms with E-state index in [-0.39, 0.29) is 11.8 Å². The van der Waals surface area contributed by atoms with Crippen molar-refractivity contribution in [3.8, 4) is 12.3 Å². The summed E-state index contributed by atoms with van der Waals surface area (Å²) in [5.74, 6) is 2.42. The first-order valence-corrected chi connectivity index (χ1v) is 5.85. The van der Waals surface area contributed by atoms with Crippen LogP contribution in [0.1, 0.15) is 38.7 Å². The molecule has 2 heteroatoms. The number of amides is 1. The van der Waals surface area contributed by atoms with E-state index in [1.807, 2.05) is 51.1 Å². The van der Waals surface area contributed by atoms with E-state index in [0.29, 0.717) is 0 Å². The van der Waals surface area contributed by atoms with Crippen molar-refractivity contribution in [1.82, 2.24) is 5.32 Å². The van der Waals surface area contributed by atoms with Crippen molar-refractivity contribution < 1.29 is 4.79 Å². The molecule has 0 aliphatic heterocycles. The first kappa shape index (κ1) is 13.3. The summed E-state index contributed by atoms with van der Waals surface area (Å²) in [5.41, 5.74) is 0.430. The zero-order valence-corrected chi connectivity index (χ0v) is 10.7. The summed E-state index contributed by atoms with van der Waals surface area (Å²) in [6, 6.07) is 9.77. The SMILES string of the molecule is C#CC(C)(C)NC(=O)C(CC)c1ccccc1. The minimum Gasteiger partial charge on any atom is -0.340 e. The molecule has 0 aromatic heterocycles. The first-order chi connectivity index (χ1) is 8.00. The third-order valence-corrected chi connectivity index (χ3v) is 2.72. The molecule has 1 atom stereocenters. The molecule has 0 spiro atoms. The number of hydrogen-bond acceptors (Lipinski definition) is 1. The average molecular weight is 229 g/mol. The van der Waals surface area contributed by atoms with Gasteiger partial charge in [-0.05, 0) is 25.8 Å². The molecule has 0 heterocycles. The van der Waals surface area contributed by atoms with Crippen molar-refractivity contribution in [2.45, 2.75) is 38.6 Å². The van der Waals surface area contributed by atoms with Gasteiger partial charge in [0.15, 0.2) is 0 Å². The van der Waals surface area contributed by atoms with Crippen LogP contribution in [0.5, 0.6) is 0 Å². The second kappa shape index (κ2) is 5.54. The predicted octanol–water partition coefficient (Wildman–Crippen LogP) is 2.71. The van der Waals surface area contributed by atoms with Gasteiger partial charge in [-0.1, -0.05) is 43.2 Å². The van der Waals surface area contributed by atoms with E-state index in [1.165, 1.54) is 0 Å². The summed E-state index contributed by atoms with van der Waals surface area (Å²) < 4.78 is 0. The van der Waals surface area contributed by atoms with E-state index in [0.717, 1.165) is 12.0 Å². The summed E-state index contributed by atoms with van der Waals surface area (Å²) in [5, 5.41) is 2.88. The standard InChI is InChI=1S/C15H19NO/c1-5-13(12-10-8-7-9-11-12)14(17)16-15(3,4)6-2/h2,7-11,13H,5H2,1,3-4H3,(H,16,17). The summed E-state index contributed by atoms with van der Waals surface area (Å²) in [7, 11) is 0. The van der Waals surface area contributed by atoms with Crippen LogP contribution in [0.15, 0.2) is 30.3 Å². The zero-order chi connectivity index (χ0) is 12.9. The lowest BCUT2D eigenvalue weighted by Crippen LogP contribution is -2.44. The lowest BCUT2D eigenvalue weighted by Gasteiger charge is -2.23. The van der Waals surface area contributed by atoms with Gasteiger partial charge >= 0.3 is 0 Å². The van der Waals surface area contributed by atoms with Crippen molar-refractivity contribution in [2.75, 3.05) is 0 Å². The lowest BCUT2D eigenvalue weighted by atomic mass is 9.94. The van der Waals surface area contributed by atoms with Gasteiger partial charge in [0.25, 0.3) is 0 Å². The number of benzene rings is 1. The molecule has 90 valence electrons. The topological polar surface area (TPSA) is 29.1 Å². The van der Waals surface area contributed by atoms with E-state index in [1.54, 1.807) is 0 Å². The van der Waals surface area contributed by atoms with Crippen LogP contribution < -0.4 is 5.32 Å². The minimum atomic E-state index is -0.598. The second-order valence-electron chi connectivity index (χ2n) is 4.63. The average Bonchev–Trinajstić information content (AvgIpc) is 2.31. The molecule has 1 N–H and O–H groups in total. The maximum Gasteiger partial charge on any atom is 0.228 e. The largest absolute Gasteiger partial charge is 0.340 e. The molecule has 0 saturated carbocycles. The fourth-order valence-corrected chi connectivity index (χ4v) is 1.69. The van der Waals surface area contributed by atoms with Gasteiger partial charge in [-0.15, -0.1) is 6.42 Å². The smallest absolute Gasteiger partial charge is 0.228 e. The van der Waals surface area contributed by atoms with Crippen molar-refractivity contribution in [3.05, 3.63) is 35.9 Å². The van der Waals surface area contributed by atoms with Crippen molar-refractivity contribution in [2.24, 2.45) is 0 Å². The molecule has 0 bridgehead atoms. The second-order valence-corrected chi connectivity index (χ2v) is 4.63. The number of hydrogen-bond donors (Lipinski definition) is 1. The monoisotopic (exact) mass is 229 g/mol. The molecule has 1 aromatic carbocycles. The molecule has 17 heavy (non-hydrogen) atoms. The molecule has 1 amide bonds. The third kappa shape index (κ3) is 3.64. The Morgan fingerprint density at radius 2 is 2.00 bits per heavy atom. The number of terminal acetylenes is 1. The van der Waals surface area contributed by atoms with E-state index in [2.05, 4.69) is 11.2 Å². The highest BCUT2D eigenvalue weighted by molar-refractivity contribution is 5.84. The Balaban J connectivity index is 2.83. The Kier molecular flexibility index (Phi) is 4.34. The molecule has 2 nitrogen and oxygen atoms in total. The van der Waals surface area contributed by atoms with Gasteiger partial charge in [0.05, 0.1) is 11.5 Å². The number of carbonyl (C=O) groups is 1. The molecule has 1 aromatic rings. The Hall–Kier alpha value is -1.75. The molecular weight excluding hydrogens is 210 g/mol. The Labute approximate surface area is 103 Å². The Morgan fingerprint density at radius 3 is 2.47 bits per heavy atom. The van der Waals surface area contributed by atoms with Gasteiger partial charge in [-0.2, -0.15) is 0 Å². The van der Waals surface area contributed by atoms with Gasteiger partial charge in [0, 0.05) is 0 Å². The molecule has 0 fully saturated rings. The highest BCUT2D eigenvalue weighted by atomic mass is 16.2. The van der Waals surface area contributed by atoms with Crippen LogP contribution in [0, 0.1) is 12.3 Å². The number of nitrogens with one attached hydrogen (secondary N) is 1. The van der Waals surface area contributed by atoms with Crippen LogP contribution in [0.4, 0.5) is 0 Å². The van der Waals surface area contributed by atoms with Crippen molar-refractivity contribution in [3.63, 3.8) is 0 Å². The van der Waals surface area contributed by atoms with Crippen LogP contribution in [0.2, 0.25) is 0 Å². The van der Waals surface area contributed by atoms with Crippen LogP contribution in [0.3, 0.4) is 0 Å². The highest BCUT2D eigenvalue weighted by Crippen LogP contribution is 2.20. The molecule has 0 radical (unpaired) electrons. The van der Waals surface area contributed by atoms with Crippen LogP contribution in [-0.2, 0) is 4.79 Å². The molecule has 0 aliphatic carbocycles. The zero-order valence-electron chi connectivity index (χ0n) is 10.7. The van der Waals surface area contributed by atoms with Crippen molar-refractivity contribution in [1.29, 1.82) is 0 Å². The van der Waals surface area contributed by atoms with Gasteiger partial charge in [0.1, 0.15) is 0 Å². The van der Waals surface area contributed by atoms with Gasteiger partial charge in [-0.25, -0.2) is 0 Å². The maximum atomic E-state index is 12.1. The van der Waals surface area contributed by atoms with E-state index in [9.17, 15) is 4.79 Å². The maximum absolute atomic E-state index is 12.1. The lowest BCUT2D eigenvalue weighted by molar-refractivity contribution is -0.123. The van der Waals surface area contributed by atoms with Gasteiger partial charge in [-0.3, -0.25) is 4.79 Å². The molecule has 1 unspecified atom stereocenters.